The van der Waals surface area contributed by atoms with Crippen molar-refractivity contribution in [2.24, 2.45) is 0 Å². The largest absolute Gasteiger partial charge is 0.484 e. The van der Waals surface area contributed by atoms with Gasteiger partial charge in [-0.1, -0.05) is 0 Å². The lowest BCUT2D eigenvalue weighted by molar-refractivity contribution is -0.123. The Hall–Kier alpha value is -2.80. The molecule has 5 nitrogen and oxygen atoms in total. The van der Waals surface area contributed by atoms with Gasteiger partial charge >= 0.3 is 5.63 Å². The second-order valence-corrected chi connectivity index (χ2v) is 7.77. The number of rotatable bonds is 4. The quantitative estimate of drug-likeness (QED) is 0.673. The number of benzene rings is 2. The number of carbonyl (C=O) groups excluding carboxylic acids is 1. The first-order valence-electron chi connectivity index (χ1n) is 8.88. The van der Waals surface area contributed by atoms with Crippen molar-refractivity contribution in [3.63, 3.8) is 0 Å². The maximum atomic E-state index is 13.6. The van der Waals surface area contributed by atoms with Crippen molar-refractivity contribution < 1.29 is 18.3 Å². The van der Waals surface area contributed by atoms with Crippen LogP contribution < -0.4 is 15.7 Å². The second kappa shape index (κ2) is 7.67. The van der Waals surface area contributed by atoms with E-state index in [0.717, 1.165) is 33.6 Å². The summed E-state index contributed by atoms with van der Waals surface area (Å²) in [5, 5.41) is 3.73. The van der Waals surface area contributed by atoms with Crippen LogP contribution in [-0.2, 0) is 4.79 Å². The topological polar surface area (TPSA) is 68.5 Å². The zero-order chi connectivity index (χ0) is 19.7. The number of amides is 1. The molecule has 1 N–H and O–H groups in total. The molecule has 2 heterocycles. The molecule has 144 valence electrons. The van der Waals surface area contributed by atoms with E-state index in [1.807, 2.05) is 6.92 Å². The summed E-state index contributed by atoms with van der Waals surface area (Å²) in [4.78, 5) is 24.9. The molecule has 0 spiro atoms. The summed E-state index contributed by atoms with van der Waals surface area (Å²) in [7, 11) is 0. The molecule has 1 amide bonds. The van der Waals surface area contributed by atoms with Crippen molar-refractivity contribution in [3.8, 4) is 5.75 Å². The highest BCUT2D eigenvalue weighted by molar-refractivity contribution is 7.99. The van der Waals surface area contributed by atoms with E-state index in [2.05, 4.69) is 5.32 Å². The Bertz CT molecular complexity index is 1110. The third-order valence-corrected chi connectivity index (χ3v) is 5.76. The number of hydrogen-bond donors (Lipinski definition) is 1. The van der Waals surface area contributed by atoms with E-state index in [4.69, 9.17) is 9.15 Å². The van der Waals surface area contributed by atoms with Crippen LogP contribution in [0.15, 0.2) is 56.6 Å². The number of nitrogens with one attached hydrogen (secondary N) is 1. The fraction of sp³-hybridized carbons (Fsp3) is 0.238. The Balaban J connectivity index is 1.44. The van der Waals surface area contributed by atoms with Crippen molar-refractivity contribution in [1.82, 2.24) is 5.32 Å². The second-order valence-electron chi connectivity index (χ2n) is 6.63. The minimum atomic E-state index is -0.430. The molecule has 1 atom stereocenters. The normalized spacial score (nSPS) is 15.9. The number of thioether (sulfide) groups is 1. The van der Waals surface area contributed by atoms with Gasteiger partial charge in [0.25, 0.3) is 5.91 Å². The van der Waals surface area contributed by atoms with E-state index in [-0.39, 0.29) is 24.4 Å². The molecule has 0 saturated heterocycles. The molecule has 2 aromatic carbocycles. The third kappa shape index (κ3) is 3.89. The monoisotopic (exact) mass is 399 g/mol. The maximum absolute atomic E-state index is 13.6. The summed E-state index contributed by atoms with van der Waals surface area (Å²) in [6.07, 6.45) is 0.729. The van der Waals surface area contributed by atoms with Crippen molar-refractivity contribution in [2.45, 2.75) is 24.3 Å². The minimum absolute atomic E-state index is 0.185. The van der Waals surface area contributed by atoms with E-state index in [1.165, 1.54) is 18.2 Å². The van der Waals surface area contributed by atoms with Gasteiger partial charge in [-0.2, -0.15) is 0 Å². The zero-order valence-corrected chi connectivity index (χ0v) is 16.0. The number of hydrogen-bond acceptors (Lipinski definition) is 5. The van der Waals surface area contributed by atoms with E-state index in [9.17, 15) is 14.0 Å². The van der Waals surface area contributed by atoms with Crippen molar-refractivity contribution in [2.75, 3.05) is 12.4 Å². The van der Waals surface area contributed by atoms with Gasteiger partial charge in [0.1, 0.15) is 17.1 Å². The Morgan fingerprint density at radius 2 is 2.14 bits per heavy atom. The first kappa shape index (κ1) is 18.6. The molecule has 3 aromatic rings. The number of fused-ring (bicyclic) bond motifs is 2. The molecule has 0 radical (unpaired) electrons. The van der Waals surface area contributed by atoms with Crippen molar-refractivity contribution >= 4 is 28.6 Å². The fourth-order valence-electron chi connectivity index (χ4n) is 3.30. The van der Waals surface area contributed by atoms with Gasteiger partial charge in [-0.05, 0) is 54.8 Å². The SMILES string of the molecule is Cc1cc(=O)oc2cc(OCC(=O)N[C@@H]3CCSc4ccc(F)cc43)ccc12. The van der Waals surface area contributed by atoms with Crippen LogP contribution in [0.1, 0.15) is 23.6 Å². The molecule has 0 fully saturated rings. The van der Waals surface area contributed by atoms with Crippen LogP contribution in [0.25, 0.3) is 11.0 Å². The highest BCUT2D eigenvalue weighted by Gasteiger charge is 2.23. The molecule has 0 saturated carbocycles. The van der Waals surface area contributed by atoms with Gasteiger partial charge in [-0.3, -0.25) is 4.79 Å². The van der Waals surface area contributed by atoms with E-state index in [0.29, 0.717) is 11.3 Å². The molecular formula is C21H18FNO4S. The van der Waals surface area contributed by atoms with Gasteiger partial charge in [0.2, 0.25) is 0 Å². The molecule has 28 heavy (non-hydrogen) atoms. The standard InChI is InChI=1S/C21H18FNO4S/c1-12-8-21(25)27-18-10-14(3-4-15(12)18)26-11-20(24)23-17-6-7-28-19-5-2-13(22)9-16(17)19/h2-5,8-10,17H,6-7,11H2,1H3,(H,23,24)/t17-/m1/s1. The predicted molar refractivity (Wildman–Crippen MR) is 105 cm³/mol. The molecule has 1 aliphatic heterocycles. The lowest BCUT2D eigenvalue weighted by Gasteiger charge is -2.26. The van der Waals surface area contributed by atoms with Gasteiger partial charge in [0.05, 0.1) is 6.04 Å². The van der Waals surface area contributed by atoms with Crippen LogP contribution in [0.4, 0.5) is 4.39 Å². The van der Waals surface area contributed by atoms with Gasteiger partial charge in [0.15, 0.2) is 6.61 Å². The number of aryl methyl sites for hydroxylation is 1. The Morgan fingerprint density at radius 3 is 3.00 bits per heavy atom. The average Bonchev–Trinajstić information content (AvgIpc) is 2.66. The summed E-state index contributed by atoms with van der Waals surface area (Å²) >= 11 is 1.66. The third-order valence-electron chi connectivity index (χ3n) is 4.64. The highest BCUT2D eigenvalue weighted by Crippen LogP contribution is 2.36. The van der Waals surface area contributed by atoms with Crippen LogP contribution in [-0.4, -0.2) is 18.3 Å². The van der Waals surface area contributed by atoms with Crippen LogP contribution in [0.3, 0.4) is 0 Å². The van der Waals surface area contributed by atoms with E-state index >= 15 is 0 Å². The summed E-state index contributed by atoms with van der Waals surface area (Å²) in [6.45, 7) is 1.65. The molecule has 4 rings (SSSR count). The molecule has 1 aromatic heterocycles. The van der Waals surface area contributed by atoms with Crippen LogP contribution in [0.2, 0.25) is 0 Å². The van der Waals surface area contributed by atoms with Crippen molar-refractivity contribution in [1.29, 1.82) is 0 Å². The molecular weight excluding hydrogens is 381 g/mol. The lowest BCUT2D eigenvalue weighted by Crippen LogP contribution is -2.34. The Morgan fingerprint density at radius 1 is 1.29 bits per heavy atom. The maximum Gasteiger partial charge on any atom is 0.336 e. The lowest BCUT2D eigenvalue weighted by atomic mass is 10.0. The summed E-state index contributed by atoms with van der Waals surface area (Å²) in [5.74, 6) is 0.678. The van der Waals surface area contributed by atoms with Gasteiger partial charge in [-0.25, -0.2) is 9.18 Å². The van der Waals surface area contributed by atoms with E-state index in [1.54, 1.807) is 36.0 Å². The smallest absolute Gasteiger partial charge is 0.336 e. The van der Waals surface area contributed by atoms with Crippen LogP contribution in [0.5, 0.6) is 5.75 Å². The number of ether oxygens (including phenoxy) is 1. The van der Waals surface area contributed by atoms with Crippen LogP contribution >= 0.6 is 11.8 Å². The van der Waals surface area contributed by atoms with Gasteiger partial charge < -0.3 is 14.5 Å². The molecule has 1 aliphatic rings. The molecule has 0 unspecified atom stereocenters. The average molecular weight is 399 g/mol. The fourth-order valence-corrected chi connectivity index (χ4v) is 4.40. The van der Waals surface area contributed by atoms with Crippen LogP contribution in [0, 0.1) is 12.7 Å². The minimum Gasteiger partial charge on any atom is -0.484 e. The first-order valence-corrected chi connectivity index (χ1v) is 9.87. The molecule has 0 bridgehead atoms. The van der Waals surface area contributed by atoms with Gasteiger partial charge in [0, 0.05) is 28.2 Å². The number of halogens is 1. The predicted octanol–water partition coefficient (Wildman–Crippen LogP) is 3.97. The van der Waals surface area contributed by atoms with Crippen molar-refractivity contribution in [3.05, 3.63) is 69.8 Å². The van der Waals surface area contributed by atoms with Gasteiger partial charge in [-0.15, -0.1) is 11.8 Å². The highest BCUT2D eigenvalue weighted by atomic mass is 32.2. The molecule has 7 heteroatoms. The summed E-state index contributed by atoms with van der Waals surface area (Å²) in [6, 6.07) is 11.0. The summed E-state index contributed by atoms with van der Waals surface area (Å²) in [5.41, 5.74) is 1.60. The van der Waals surface area contributed by atoms with E-state index < -0.39 is 5.63 Å². The zero-order valence-electron chi connectivity index (χ0n) is 15.2. The number of carbonyl (C=O) groups is 1. The summed E-state index contributed by atoms with van der Waals surface area (Å²) < 4.78 is 24.3. The Kier molecular flexibility index (Phi) is 5.09. The Labute approximate surface area is 164 Å². The molecule has 0 aliphatic carbocycles. The first-order chi connectivity index (χ1) is 13.5.